The van der Waals surface area contributed by atoms with Crippen LogP contribution in [0.5, 0.6) is 11.6 Å². The SMILES string of the molecule is C=CCOC[C@H](O)CN(Cc1c(C)nn(-c2ccccc2)c1Oc1ccc(C)cc1)[C@@H](C)CC. The Balaban J connectivity index is 1.94. The molecule has 6 heteroatoms. The van der Waals surface area contributed by atoms with E-state index in [-0.39, 0.29) is 12.6 Å². The first kappa shape index (κ1) is 25.7. The summed E-state index contributed by atoms with van der Waals surface area (Å²) < 4.78 is 13.8. The molecular weight excluding hydrogens is 426 g/mol. The Morgan fingerprint density at radius 3 is 2.47 bits per heavy atom. The molecule has 1 aromatic heterocycles. The van der Waals surface area contributed by atoms with E-state index in [0.717, 1.165) is 29.1 Å². The number of aliphatic hydroxyl groups is 1. The van der Waals surface area contributed by atoms with Gasteiger partial charge in [0.1, 0.15) is 5.75 Å². The maximum absolute atomic E-state index is 10.6. The van der Waals surface area contributed by atoms with Crippen LogP contribution in [0.25, 0.3) is 5.69 Å². The van der Waals surface area contributed by atoms with Crippen LogP contribution in [0.4, 0.5) is 0 Å². The van der Waals surface area contributed by atoms with Gasteiger partial charge in [-0.05, 0) is 51.5 Å². The van der Waals surface area contributed by atoms with Crippen molar-refractivity contribution in [2.45, 2.75) is 52.8 Å². The molecule has 6 nitrogen and oxygen atoms in total. The molecule has 0 unspecified atom stereocenters. The zero-order valence-corrected chi connectivity index (χ0v) is 20.8. The molecule has 0 spiro atoms. The maximum atomic E-state index is 10.6. The van der Waals surface area contributed by atoms with E-state index < -0.39 is 6.10 Å². The number of aromatic nitrogens is 2. The van der Waals surface area contributed by atoms with E-state index >= 15 is 0 Å². The van der Waals surface area contributed by atoms with Crippen LogP contribution in [0.3, 0.4) is 0 Å². The summed E-state index contributed by atoms with van der Waals surface area (Å²) in [7, 11) is 0. The van der Waals surface area contributed by atoms with Gasteiger partial charge in [-0.3, -0.25) is 4.90 Å². The van der Waals surface area contributed by atoms with E-state index in [2.05, 4.69) is 32.3 Å². The predicted octanol–water partition coefficient (Wildman–Crippen LogP) is 5.45. The lowest BCUT2D eigenvalue weighted by atomic mass is 10.1. The molecule has 0 amide bonds. The molecule has 0 fully saturated rings. The Bertz CT molecular complexity index is 1030. The summed E-state index contributed by atoms with van der Waals surface area (Å²) in [6, 6.07) is 18.3. The third kappa shape index (κ3) is 6.79. The summed E-state index contributed by atoms with van der Waals surface area (Å²) in [5.74, 6) is 1.45. The monoisotopic (exact) mass is 463 g/mol. The second-order valence-electron chi connectivity index (χ2n) is 8.70. The van der Waals surface area contributed by atoms with E-state index in [1.807, 2.05) is 66.2 Å². The number of rotatable bonds is 13. The molecule has 3 rings (SSSR count). The molecule has 0 aliphatic rings. The number of benzene rings is 2. The van der Waals surface area contributed by atoms with E-state index in [1.165, 1.54) is 5.56 Å². The summed E-state index contributed by atoms with van der Waals surface area (Å²) in [4.78, 5) is 2.27. The molecule has 2 atom stereocenters. The van der Waals surface area contributed by atoms with Crippen LogP contribution in [0, 0.1) is 13.8 Å². The second kappa shape index (κ2) is 12.5. The van der Waals surface area contributed by atoms with Gasteiger partial charge < -0.3 is 14.6 Å². The van der Waals surface area contributed by atoms with Crippen LogP contribution >= 0.6 is 0 Å². The van der Waals surface area contributed by atoms with E-state index in [9.17, 15) is 5.11 Å². The molecule has 0 aliphatic carbocycles. The van der Waals surface area contributed by atoms with Crippen LogP contribution in [-0.4, -0.2) is 51.7 Å². The number of aliphatic hydroxyl groups excluding tert-OH is 1. The first-order valence-electron chi connectivity index (χ1n) is 11.9. The molecule has 0 radical (unpaired) electrons. The third-order valence-corrected chi connectivity index (χ3v) is 5.94. The van der Waals surface area contributed by atoms with Crippen molar-refractivity contribution in [3.63, 3.8) is 0 Å². The standard InChI is InChI=1S/C28H37N3O3/c1-6-17-33-20-25(32)18-30(22(4)7-2)19-27-23(5)29-31(24-11-9-8-10-12-24)28(27)34-26-15-13-21(3)14-16-26/h6,8-16,22,25,32H,1,7,17-20H2,2-5H3/t22-,25+/m0/s1. The van der Waals surface area contributed by atoms with Crippen LogP contribution < -0.4 is 4.74 Å². The Morgan fingerprint density at radius 2 is 1.82 bits per heavy atom. The lowest BCUT2D eigenvalue weighted by Crippen LogP contribution is -2.40. The molecule has 0 bridgehead atoms. The minimum atomic E-state index is -0.597. The highest BCUT2D eigenvalue weighted by Crippen LogP contribution is 2.32. The van der Waals surface area contributed by atoms with Crippen molar-refractivity contribution in [2.24, 2.45) is 0 Å². The maximum Gasteiger partial charge on any atom is 0.227 e. The van der Waals surface area contributed by atoms with Gasteiger partial charge in [-0.25, -0.2) is 4.68 Å². The zero-order valence-electron chi connectivity index (χ0n) is 20.8. The molecule has 0 saturated carbocycles. The molecule has 0 saturated heterocycles. The van der Waals surface area contributed by atoms with Gasteiger partial charge in [-0.15, -0.1) is 6.58 Å². The fourth-order valence-corrected chi connectivity index (χ4v) is 3.76. The van der Waals surface area contributed by atoms with Gasteiger partial charge in [-0.2, -0.15) is 5.10 Å². The van der Waals surface area contributed by atoms with Gasteiger partial charge in [0.15, 0.2) is 0 Å². The molecule has 182 valence electrons. The van der Waals surface area contributed by atoms with Crippen LogP contribution in [-0.2, 0) is 11.3 Å². The number of hydrogen-bond donors (Lipinski definition) is 1. The highest BCUT2D eigenvalue weighted by Gasteiger charge is 2.24. The lowest BCUT2D eigenvalue weighted by Gasteiger charge is -2.30. The van der Waals surface area contributed by atoms with Crippen LogP contribution in [0.1, 0.15) is 37.1 Å². The number of para-hydroxylation sites is 1. The Labute approximate surface area is 203 Å². The third-order valence-electron chi connectivity index (χ3n) is 5.94. The predicted molar refractivity (Wildman–Crippen MR) is 137 cm³/mol. The molecule has 0 aliphatic heterocycles. The van der Waals surface area contributed by atoms with Gasteiger partial charge in [0.2, 0.25) is 5.88 Å². The topological polar surface area (TPSA) is 59.8 Å². The summed E-state index contributed by atoms with van der Waals surface area (Å²) in [6.45, 7) is 13.9. The molecule has 34 heavy (non-hydrogen) atoms. The second-order valence-corrected chi connectivity index (χ2v) is 8.70. The molecule has 3 aromatic rings. The average molecular weight is 464 g/mol. The van der Waals surface area contributed by atoms with Crippen molar-refractivity contribution < 1.29 is 14.6 Å². The first-order chi connectivity index (χ1) is 16.4. The quantitative estimate of drug-likeness (QED) is 0.270. The normalized spacial score (nSPS) is 13.1. The Hall–Kier alpha value is -2.93. The number of hydrogen-bond acceptors (Lipinski definition) is 5. The highest BCUT2D eigenvalue weighted by molar-refractivity contribution is 5.43. The van der Waals surface area contributed by atoms with Gasteiger partial charge in [0.25, 0.3) is 0 Å². The summed E-state index contributed by atoms with van der Waals surface area (Å²) in [5, 5.41) is 15.4. The number of aryl methyl sites for hydroxylation is 2. The smallest absolute Gasteiger partial charge is 0.227 e. The molecule has 1 N–H and O–H groups in total. The first-order valence-corrected chi connectivity index (χ1v) is 11.9. The zero-order chi connectivity index (χ0) is 24.5. The van der Waals surface area contributed by atoms with E-state index in [4.69, 9.17) is 14.6 Å². The van der Waals surface area contributed by atoms with Crippen LogP contribution in [0.15, 0.2) is 67.3 Å². The minimum absolute atomic E-state index is 0.265. The van der Waals surface area contributed by atoms with Crippen molar-refractivity contribution in [1.82, 2.24) is 14.7 Å². The van der Waals surface area contributed by atoms with Gasteiger partial charge >= 0.3 is 0 Å². The summed E-state index contributed by atoms with van der Waals surface area (Å²) >= 11 is 0. The van der Waals surface area contributed by atoms with Crippen LogP contribution in [0.2, 0.25) is 0 Å². The molecule has 1 heterocycles. The fourth-order valence-electron chi connectivity index (χ4n) is 3.76. The van der Waals surface area contributed by atoms with E-state index in [0.29, 0.717) is 25.6 Å². The molecule has 2 aromatic carbocycles. The summed E-state index contributed by atoms with van der Waals surface area (Å²) in [5.41, 5.74) is 4.02. The highest BCUT2D eigenvalue weighted by atomic mass is 16.5. The lowest BCUT2D eigenvalue weighted by molar-refractivity contribution is 0.0155. The fraction of sp³-hybridized carbons (Fsp3) is 0.393. The van der Waals surface area contributed by atoms with Gasteiger partial charge in [-0.1, -0.05) is 48.9 Å². The number of nitrogens with zero attached hydrogens (tertiary/aromatic N) is 3. The minimum Gasteiger partial charge on any atom is -0.439 e. The largest absolute Gasteiger partial charge is 0.439 e. The van der Waals surface area contributed by atoms with Crippen molar-refractivity contribution >= 4 is 0 Å². The van der Waals surface area contributed by atoms with Crippen molar-refractivity contribution in [3.05, 3.63) is 84.1 Å². The van der Waals surface area contributed by atoms with Gasteiger partial charge in [0, 0.05) is 19.1 Å². The van der Waals surface area contributed by atoms with E-state index in [1.54, 1.807) is 6.08 Å². The number of ether oxygens (including phenoxy) is 2. The average Bonchev–Trinajstić information content (AvgIpc) is 3.15. The Morgan fingerprint density at radius 1 is 1.12 bits per heavy atom. The molecular formula is C28H37N3O3. The van der Waals surface area contributed by atoms with Gasteiger partial charge in [0.05, 0.1) is 36.3 Å². The summed E-state index contributed by atoms with van der Waals surface area (Å²) in [6.07, 6.45) is 2.05. The van der Waals surface area contributed by atoms with Crippen molar-refractivity contribution in [2.75, 3.05) is 19.8 Å². The van der Waals surface area contributed by atoms with Crippen molar-refractivity contribution in [3.8, 4) is 17.3 Å². The Kier molecular flexibility index (Phi) is 9.45. The van der Waals surface area contributed by atoms with Crippen molar-refractivity contribution in [1.29, 1.82) is 0 Å².